The second-order valence-corrected chi connectivity index (χ2v) is 8.91. The number of piperidine rings is 1. The van der Waals surface area contributed by atoms with E-state index in [-0.39, 0.29) is 17.4 Å². The molecule has 0 saturated carbocycles. The molecule has 2 saturated heterocycles. The molecule has 1 unspecified atom stereocenters. The smallest absolute Gasteiger partial charge is 0.475 e. The van der Waals surface area contributed by atoms with E-state index in [9.17, 15) is 31.1 Å². The van der Waals surface area contributed by atoms with E-state index >= 15 is 0 Å². The molecule has 3 N–H and O–H groups in total. The molecule has 1 spiro atoms. The van der Waals surface area contributed by atoms with Crippen molar-refractivity contribution >= 4 is 17.8 Å². The molecule has 4 rings (SSSR count). The lowest BCUT2D eigenvalue weighted by Gasteiger charge is -2.39. The van der Waals surface area contributed by atoms with Crippen LogP contribution in [0.4, 0.5) is 26.3 Å². The molecule has 2 aromatic heterocycles. The molecule has 0 aliphatic carbocycles. The minimum Gasteiger partial charge on any atom is -0.475 e. The lowest BCUT2D eigenvalue weighted by atomic mass is 9.82. The number of pyridine rings is 1. The molecule has 2 aliphatic rings. The molecule has 0 aromatic carbocycles. The van der Waals surface area contributed by atoms with Crippen LogP contribution in [0.25, 0.3) is 0 Å². The number of aromatic nitrogens is 1. The number of nitrogens with zero attached hydrogens (tertiary/aromatic N) is 2. The molecule has 1 atom stereocenters. The number of hydrogen-bond donors (Lipinski definition) is 3. The van der Waals surface area contributed by atoms with Crippen LogP contribution in [0, 0.1) is 0 Å². The van der Waals surface area contributed by atoms with Gasteiger partial charge in [-0.2, -0.15) is 26.3 Å². The maximum atomic E-state index is 12.5. The summed E-state index contributed by atoms with van der Waals surface area (Å²) in [6.45, 7) is 4.95. The van der Waals surface area contributed by atoms with Gasteiger partial charge in [-0.25, -0.2) is 9.59 Å². The van der Waals surface area contributed by atoms with E-state index < -0.39 is 24.3 Å². The monoisotopic (exact) mass is 567 g/mol. The third kappa shape index (κ3) is 9.57. The van der Waals surface area contributed by atoms with Gasteiger partial charge >= 0.3 is 24.3 Å². The van der Waals surface area contributed by atoms with Crippen molar-refractivity contribution in [1.29, 1.82) is 0 Å². The van der Waals surface area contributed by atoms with Crippen LogP contribution in [0.15, 0.2) is 41.1 Å². The van der Waals surface area contributed by atoms with Crippen molar-refractivity contribution in [3.63, 3.8) is 0 Å². The number of halogens is 6. The Balaban J connectivity index is 0.000000317. The highest BCUT2D eigenvalue weighted by Crippen LogP contribution is 2.39. The highest BCUT2D eigenvalue weighted by molar-refractivity contribution is 5.87. The number of rotatable bonds is 4. The first kappa shape index (κ1) is 31.6. The summed E-state index contributed by atoms with van der Waals surface area (Å²) in [6.07, 6.45) is -2.80. The van der Waals surface area contributed by atoms with Gasteiger partial charge in [0.25, 0.3) is 0 Å². The Morgan fingerprint density at radius 2 is 1.49 bits per heavy atom. The van der Waals surface area contributed by atoms with E-state index in [1.807, 2.05) is 12.1 Å². The quantitative estimate of drug-likeness (QED) is 0.470. The molecular formula is C24H27F6N3O6. The van der Waals surface area contributed by atoms with E-state index in [1.165, 1.54) is 0 Å². The number of amides is 1. The fourth-order valence-electron chi connectivity index (χ4n) is 4.13. The standard InChI is InChI=1S/C20H25N3O2.2C2HF3O2/c1-2-16-3-4-17(25-16)14-23-11-7-20(8-12-23)13-18(19(24)22-20)15-5-9-21-10-6-15;2*3-2(4,5)1(6)7/h3-6,9-10,18H,2,7-8,11-14H2,1H3,(H,22,24);2*(H,6,7). The Morgan fingerprint density at radius 3 is 1.92 bits per heavy atom. The minimum absolute atomic E-state index is 0.0354. The molecule has 39 heavy (non-hydrogen) atoms. The number of aryl methyl sites for hydroxylation is 1. The predicted molar refractivity (Wildman–Crippen MR) is 122 cm³/mol. The molecular weight excluding hydrogens is 540 g/mol. The number of aliphatic carboxylic acids is 2. The third-order valence-corrected chi connectivity index (χ3v) is 6.15. The summed E-state index contributed by atoms with van der Waals surface area (Å²) in [5, 5.41) is 17.6. The summed E-state index contributed by atoms with van der Waals surface area (Å²) in [5.41, 5.74) is 1.04. The highest BCUT2D eigenvalue weighted by Gasteiger charge is 2.46. The number of hydrogen-bond acceptors (Lipinski definition) is 6. The minimum atomic E-state index is -5.08. The van der Waals surface area contributed by atoms with Crippen LogP contribution in [0.1, 0.15) is 49.2 Å². The van der Waals surface area contributed by atoms with E-state index in [0.717, 1.165) is 62.4 Å². The second-order valence-electron chi connectivity index (χ2n) is 8.91. The lowest BCUT2D eigenvalue weighted by Crippen LogP contribution is -2.50. The Morgan fingerprint density at radius 1 is 1.00 bits per heavy atom. The number of carbonyl (C=O) groups excluding carboxylic acids is 1. The maximum Gasteiger partial charge on any atom is 0.490 e. The molecule has 9 nitrogen and oxygen atoms in total. The van der Waals surface area contributed by atoms with E-state index in [2.05, 4.69) is 34.3 Å². The first-order chi connectivity index (χ1) is 18.1. The van der Waals surface area contributed by atoms with Crippen LogP contribution in [0.2, 0.25) is 0 Å². The van der Waals surface area contributed by atoms with Gasteiger partial charge in [-0.3, -0.25) is 14.7 Å². The average molecular weight is 567 g/mol. The summed E-state index contributed by atoms with van der Waals surface area (Å²) in [4.78, 5) is 36.8. The summed E-state index contributed by atoms with van der Waals surface area (Å²) < 4.78 is 69.3. The number of furan rings is 1. The maximum absolute atomic E-state index is 12.5. The van der Waals surface area contributed by atoms with Gasteiger partial charge in [0.1, 0.15) is 11.5 Å². The molecule has 4 heterocycles. The van der Waals surface area contributed by atoms with E-state index in [4.69, 9.17) is 24.2 Å². The molecule has 2 fully saturated rings. The van der Waals surface area contributed by atoms with Crippen molar-refractivity contribution in [2.75, 3.05) is 13.1 Å². The van der Waals surface area contributed by atoms with Crippen molar-refractivity contribution in [3.8, 4) is 0 Å². The zero-order chi connectivity index (χ0) is 29.4. The summed E-state index contributed by atoms with van der Waals surface area (Å²) in [5.74, 6) is -3.30. The molecule has 15 heteroatoms. The van der Waals surface area contributed by atoms with Gasteiger partial charge in [0.15, 0.2) is 0 Å². The molecule has 2 aromatic rings. The van der Waals surface area contributed by atoms with Crippen molar-refractivity contribution in [2.45, 2.75) is 63.0 Å². The van der Waals surface area contributed by atoms with Crippen LogP contribution in [0.5, 0.6) is 0 Å². The van der Waals surface area contributed by atoms with Gasteiger partial charge in [0.05, 0.1) is 12.5 Å². The molecule has 0 bridgehead atoms. The van der Waals surface area contributed by atoms with Gasteiger partial charge in [-0.05, 0) is 49.1 Å². The van der Waals surface area contributed by atoms with Gasteiger partial charge in [-0.1, -0.05) is 6.92 Å². The first-order valence-electron chi connectivity index (χ1n) is 11.7. The Labute approximate surface area is 218 Å². The molecule has 2 aliphatic heterocycles. The first-order valence-corrected chi connectivity index (χ1v) is 11.7. The van der Waals surface area contributed by atoms with Crippen molar-refractivity contribution in [3.05, 3.63) is 53.7 Å². The number of likely N-dealkylation sites (tertiary alicyclic amines) is 1. The Kier molecular flexibility index (Phi) is 10.5. The zero-order valence-corrected chi connectivity index (χ0v) is 20.7. The van der Waals surface area contributed by atoms with E-state index in [0.29, 0.717) is 0 Å². The summed E-state index contributed by atoms with van der Waals surface area (Å²) in [7, 11) is 0. The van der Waals surface area contributed by atoms with Crippen LogP contribution in [0.3, 0.4) is 0 Å². The zero-order valence-electron chi connectivity index (χ0n) is 20.7. The summed E-state index contributed by atoms with van der Waals surface area (Å²) >= 11 is 0. The normalized spacial score (nSPS) is 18.8. The number of alkyl halides is 6. The van der Waals surface area contributed by atoms with Crippen molar-refractivity contribution in [1.82, 2.24) is 15.2 Å². The van der Waals surface area contributed by atoms with Crippen molar-refractivity contribution < 1.29 is 55.4 Å². The number of carboxylic acid groups (broad SMARTS) is 2. The van der Waals surface area contributed by atoms with E-state index in [1.54, 1.807) is 12.4 Å². The number of nitrogens with one attached hydrogen (secondary N) is 1. The summed E-state index contributed by atoms with van der Waals surface area (Å²) in [6, 6.07) is 8.07. The van der Waals surface area contributed by atoms with Crippen LogP contribution < -0.4 is 5.32 Å². The van der Waals surface area contributed by atoms with Crippen molar-refractivity contribution in [2.24, 2.45) is 0 Å². The topological polar surface area (TPSA) is 133 Å². The SMILES string of the molecule is CCc1ccc(CN2CCC3(CC2)CC(c2ccncc2)C(=O)N3)o1.O=C(O)C(F)(F)F.O=C(O)C(F)(F)F. The van der Waals surface area contributed by atoms with Crippen LogP contribution in [-0.2, 0) is 27.3 Å². The fraction of sp³-hybridized carbons (Fsp3) is 0.500. The Bertz CT molecular complexity index is 1090. The van der Waals surface area contributed by atoms with Crippen LogP contribution >= 0.6 is 0 Å². The predicted octanol–water partition coefficient (Wildman–Crippen LogP) is 4.14. The molecule has 1 amide bonds. The van der Waals surface area contributed by atoms with Crippen LogP contribution in [-0.4, -0.2) is 68.9 Å². The third-order valence-electron chi connectivity index (χ3n) is 6.15. The number of carboxylic acids is 2. The lowest BCUT2D eigenvalue weighted by molar-refractivity contribution is -0.193. The second kappa shape index (κ2) is 13.0. The Hall–Kier alpha value is -3.62. The number of carbonyl (C=O) groups is 3. The fourth-order valence-corrected chi connectivity index (χ4v) is 4.13. The average Bonchev–Trinajstić information content (AvgIpc) is 3.44. The van der Waals surface area contributed by atoms with Gasteiger partial charge < -0.3 is 19.9 Å². The molecule has 0 radical (unpaired) electrons. The highest BCUT2D eigenvalue weighted by atomic mass is 19.4. The van der Waals surface area contributed by atoms with Gasteiger partial charge in [0, 0.05) is 37.4 Å². The van der Waals surface area contributed by atoms with Gasteiger partial charge in [-0.15, -0.1) is 0 Å². The molecule has 216 valence electrons. The van der Waals surface area contributed by atoms with Gasteiger partial charge in [0.2, 0.25) is 5.91 Å². The largest absolute Gasteiger partial charge is 0.490 e.